The van der Waals surface area contributed by atoms with Crippen LogP contribution in [-0.4, -0.2) is 11.0 Å². The van der Waals surface area contributed by atoms with E-state index in [1.165, 1.54) is 19.3 Å². The van der Waals surface area contributed by atoms with Gasteiger partial charge in [0.05, 0.1) is 5.02 Å². The van der Waals surface area contributed by atoms with E-state index in [2.05, 4.69) is 10.3 Å². The topological polar surface area (TPSA) is 24.9 Å². The zero-order valence-corrected chi connectivity index (χ0v) is 8.43. The molecule has 2 nitrogen and oxygen atoms in total. The molecule has 0 bridgehead atoms. The summed E-state index contributed by atoms with van der Waals surface area (Å²) in [5.74, 6) is 0.951. The van der Waals surface area contributed by atoms with Crippen LogP contribution < -0.4 is 5.32 Å². The maximum atomic E-state index is 5.87. The van der Waals surface area contributed by atoms with E-state index in [0.717, 1.165) is 16.4 Å². The molecular weight excluding hydrogens is 184 g/mol. The second-order valence-electron chi connectivity index (χ2n) is 3.59. The highest BCUT2D eigenvalue weighted by Gasteiger charge is 2.17. The monoisotopic (exact) mass is 196 g/mol. The Balaban J connectivity index is 2.07. The van der Waals surface area contributed by atoms with E-state index < -0.39 is 0 Å². The second-order valence-corrected chi connectivity index (χ2v) is 4.00. The molecule has 1 aliphatic carbocycles. The van der Waals surface area contributed by atoms with E-state index in [0.29, 0.717) is 6.04 Å². The molecule has 13 heavy (non-hydrogen) atoms. The lowest BCUT2D eigenvalue weighted by Crippen LogP contribution is -2.27. The Labute approximate surface area is 83.3 Å². The van der Waals surface area contributed by atoms with Crippen LogP contribution in [0.2, 0.25) is 5.02 Å². The summed E-state index contributed by atoms with van der Waals surface area (Å²) < 4.78 is 0. The molecule has 0 saturated heterocycles. The zero-order chi connectivity index (χ0) is 9.26. The van der Waals surface area contributed by atoms with Crippen molar-refractivity contribution in [3.8, 4) is 0 Å². The van der Waals surface area contributed by atoms with Crippen LogP contribution in [-0.2, 0) is 0 Å². The molecule has 0 amide bonds. The van der Waals surface area contributed by atoms with Crippen LogP contribution in [0.15, 0.2) is 12.3 Å². The normalized spacial score (nSPS) is 16.8. The molecule has 1 aromatic heterocycles. The number of pyridine rings is 1. The van der Waals surface area contributed by atoms with Crippen LogP contribution in [0.25, 0.3) is 0 Å². The Kier molecular flexibility index (Phi) is 2.40. The van der Waals surface area contributed by atoms with Gasteiger partial charge in [0.1, 0.15) is 5.82 Å². The summed E-state index contributed by atoms with van der Waals surface area (Å²) in [7, 11) is 0. The summed E-state index contributed by atoms with van der Waals surface area (Å²) in [6.07, 6.45) is 5.58. The summed E-state index contributed by atoms with van der Waals surface area (Å²) in [6, 6.07) is 2.63. The van der Waals surface area contributed by atoms with Crippen molar-refractivity contribution in [1.82, 2.24) is 4.98 Å². The smallest absolute Gasteiger partial charge is 0.126 e. The lowest BCUT2D eigenvalue weighted by molar-refractivity contribution is 0.444. The van der Waals surface area contributed by atoms with E-state index >= 15 is 0 Å². The molecule has 0 atom stereocenters. The minimum absolute atomic E-state index is 0.632. The van der Waals surface area contributed by atoms with E-state index in [9.17, 15) is 0 Å². The Morgan fingerprint density at radius 1 is 1.54 bits per heavy atom. The van der Waals surface area contributed by atoms with Crippen LogP contribution >= 0.6 is 11.6 Å². The summed E-state index contributed by atoms with van der Waals surface area (Å²) in [6.45, 7) is 2.00. The average molecular weight is 197 g/mol. The van der Waals surface area contributed by atoms with Gasteiger partial charge >= 0.3 is 0 Å². The van der Waals surface area contributed by atoms with Crippen molar-refractivity contribution in [1.29, 1.82) is 0 Å². The molecule has 0 radical (unpaired) electrons. The van der Waals surface area contributed by atoms with Crippen molar-refractivity contribution >= 4 is 17.4 Å². The van der Waals surface area contributed by atoms with E-state index in [1.54, 1.807) is 6.20 Å². The Morgan fingerprint density at radius 2 is 2.31 bits per heavy atom. The molecule has 3 heteroatoms. The van der Waals surface area contributed by atoms with E-state index in [4.69, 9.17) is 11.6 Å². The number of hydrogen-bond donors (Lipinski definition) is 1. The minimum Gasteiger partial charge on any atom is -0.367 e. The highest BCUT2D eigenvalue weighted by atomic mass is 35.5. The van der Waals surface area contributed by atoms with Crippen LogP contribution in [0.1, 0.15) is 24.8 Å². The van der Waals surface area contributed by atoms with Gasteiger partial charge in [0, 0.05) is 12.2 Å². The highest BCUT2D eigenvalue weighted by Crippen LogP contribution is 2.23. The molecule has 1 saturated carbocycles. The summed E-state index contributed by atoms with van der Waals surface area (Å²) in [4.78, 5) is 4.22. The molecule has 0 aromatic carbocycles. The largest absolute Gasteiger partial charge is 0.367 e. The first-order chi connectivity index (χ1) is 6.25. The number of anilines is 1. The molecule has 70 valence electrons. The quantitative estimate of drug-likeness (QED) is 0.787. The van der Waals surface area contributed by atoms with Crippen molar-refractivity contribution in [3.63, 3.8) is 0 Å². The third-order valence-corrected chi connectivity index (χ3v) is 2.90. The number of aryl methyl sites for hydroxylation is 1. The Bertz CT molecular complexity index is 308. The van der Waals surface area contributed by atoms with Crippen molar-refractivity contribution in [2.45, 2.75) is 32.2 Å². The van der Waals surface area contributed by atoms with Crippen LogP contribution in [0.4, 0.5) is 5.82 Å². The SMILES string of the molecule is Cc1cc(NC2CCC2)ncc1Cl. The first-order valence-electron chi connectivity index (χ1n) is 4.64. The summed E-state index contributed by atoms with van der Waals surface area (Å²) in [5, 5.41) is 4.11. The first kappa shape index (κ1) is 8.82. The van der Waals surface area contributed by atoms with Gasteiger partial charge in [-0.15, -0.1) is 0 Å². The van der Waals surface area contributed by atoms with Gasteiger partial charge in [-0.1, -0.05) is 11.6 Å². The summed E-state index contributed by atoms with van der Waals surface area (Å²) >= 11 is 5.87. The number of hydrogen-bond acceptors (Lipinski definition) is 2. The van der Waals surface area contributed by atoms with Gasteiger partial charge in [-0.3, -0.25) is 0 Å². The highest BCUT2D eigenvalue weighted by molar-refractivity contribution is 6.31. The van der Waals surface area contributed by atoms with Crippen LogP contribution in [0.5, 0.6) is 0 Å². The van der Waals surface area contributed by atoms with Crippen LogP contribution in [0, 0.1) is 6.92 Å². The molecule has 1 aliphatic rings. The van der Waals surface area contributed by atoms with Crippen molar-refractivity contribution < 1.29 is 0 Å². The minimum atomic E-state index is 0.632. The van der Waals surface area contributed by atoms with E-state index in [1.807, 2.05) is 13.0 Å². The standard InChI is InChI=1S/C10H13ClN2/c1-7-5-10(12-6-9(7)11)13-8-3-2-4-8/h5-6,8H,2-4H2,1H3,(H,12,13). The average Bonchev–Trinajstić information content (AvgIpc) is 2.04. The summed E-state index contributed by atoms with van der Waals surface area (Å²) in [5.41, 5.74) is 1.08. The fraction of sp³-hybridized carbons (Fsp3) is 0.500. The van der Waals surface area contributed by atoms with Crippen molar-refractivity contribution in [2.75, 3.05) is 5.32 Å². The maximum absolute atomic E-state index is 5.87. The van der Waals surface area contributed by atoms with Gasteiger partial charge in [0.15, 0.2) is 0 Å². The van der Waals surface area contributed by atoms with E-state index in [-0.39, 0.29) is 0 Å². The third-order valence-electron chi connectivity index (χ3n) is 2.50. The number of rotatable bonds is 2. The Morgan fingerprint density at radius 3 is 2.85 bits per heavy atom. The van der Waals surface area contributed by atoms with Gasteiger partial charge in [0.25, 0.3) is 0 Å². The fourth-order valence-electron chi connectivity index (χ4n) is 1.38. The van der Waals surface area contributed by atoms with Gasteiger partial charge < -0.3 is 5.32 Å². The molecule has 0 spiro atoms. The maximum Gasteiger partial charge on any atom is 0.126 e. The predicted octanol–water partition coefficient (Wildman–Crippen LogP) is 3.01. The lowest BCUT2D eigenvalue weighted by atomic mass is 9.93. The molecule has 1 aromatic rings. The van der Waals surface area contributed by atoms with Gasteiger partial charge in [-0.25, -0.2) is 4.98 Å². The molecule has 0 aliphatic heterocycles. The zero-order valence-electron chi connectivity index (χ0n) is 7.68. The number of nitrogens with one attached hydrogen (secondary N) is 1. The van der Waals surface area contributed by atoms with Gasteiger partial charge in [-0.2, -0.15) is 0 Å². The molecule has 2 rings (SSSR count). The fourth-order valence-corrected chi connectivity index (χ4v) is 1.48. The van der Waals surface area contributed by atoms with Crippen molar-refractivity contribution in [2.24, 2.45) is 0 Å². The molecule has 1 fully saturated rings. The predicted molar refractivity (Wildman–Crippen MR) is 55.2 cm³/mol. The van der Waals surface area contributed by atoms with Gasteiger partial charge in [-0.05, 0) is 37.8 Å². The first-order valence-corrected chi connectivity index (χ1v) is 5.02. The molecule has 1 N–H and O–H groups in total. The number of nitrogens with zero attached hydrogens (tertiary/aromatic N) is 1. The van der Waals surface area contributed by atoms with Crippen LogP contribution in [0.3, 0.4) is 0 Å². The van der Waals surface area contributed by atoms with Gasteiger partial charge in [0.2, 0.25) is 0 Å². The van der Waals surface area contributed by atoms with Crippen molar-refractivity contribution in [3.05, 3.63) is 22.8 Å². The lowest BCUT2D eigenvalue weighted by Gasteiger charge is -2.26. The number of aromatic nitrogens is 1. The molecule has 1 heterocycles. The second kappa shape index (κ2) is 3.54. The molecule has 0 unspecified atom stereocenters. The Hall–Kier alpha value is -0.760. The third kappa shape index (κ3) is 1.94. The number of halogens is 1. The molecular formula is C10H13ClN2.